The molecule has 1 heterocycles. The predicted molar refractivity (Wildman–Crippen MR) is 102 cm³/mol. The Morgan fingerprint density at radius 2 is 2.00 bits per heavy atom. The molecule has 0 radical (unpaired) electrons. The van der Waals surface area contributed by atoms with Crippen molar-refractivity contribution in [2.45, 2.75) is 45.6 Å². The highest BCUT2D eigenvalue weighted by Gasteiger charge is 2.29. The minimum absolute atomic E-state index is 0.0612. The quantitative estimate of drug-likeness (QED) is 0.424. The summed E-state index contributed by atoms with van der Waals surface area (Å²) in [5.74, 6) is -0.956. The maximum absolute atomic E-state index is 12.2. The SMILES string of the molecule is CCC[C@H](C)NC(=O)COC(=O)C1CCN(c2ccccc2[N+](=O)[O-])CC1. The third-order valence-electron chi connectivity index (χ3n) is 4.72. The van der Waals surface area contributed by atoms with E-state index in [-0.39, 0.29) is 36.1 Å². The van der Waals surface area contributed by atoms with Crippen molar-refractivity contribution in [3.8, 4) is 0 Å². The zero-order valence-corrected chi connectivity index (χ0v) is 15.8. The number of rotatable bonds is 8. The van der Waals surface area contributed by atoms with Gasteiger partial charge in [0, 0.05) is 25.2 Å². The molecule has 1 N–H and O–H groups in total. The molecule has 0 bridgehead atoms. The van der Waals surface area contributed by atoms with E-state index in [4.69, 9.17) is 4.74 Å². The molecule has 2 rings (SSSR count). The van der Waals surface area contributed by atoms with Crippen molar-refractivity contribution in [2.24, 2.45) is 5.92 Å². The maximum Gasteiger partial charge on any atom is 0.309 e. The van der Waals surface area contributed by atoms with Crippen molar-refractivity contribution >= 4 is 23.3 Å². The number of nitro groups is 1. The van der Waals surface area contributed by atoms with Crippen LogP contribution in [0.5, 0.6) is 0 Å². The number of carbonyl (C=O) groups excluding carboxylic acids is 2. The van der Waals surface area contributed by atoms with Crippen molar-refractivity contribution < 1.29 is 19.2 Å². The second-order valence-electron chi connectivity index (χ2n) is 6.87. The van der Waals surface area contributed by atoms with Crippen LogP contribution in [0, 0.1) is 16.0 Å². The lowest BCUT2D eigenvalue weighted by atomic mass is 9.96. The number of amides is 1. The third kappa shape index (κ3) is 5.94. The number of hydrogen-bond acceptors (Lipinski definition) is 6. The van der Waals surface area contributed by atoms with Gasteiger partial charge in [0.25, 0.3) is 11.6 Å². The van der Waals surface area contributed by atoms with Crippen LogP contribution in [-0.4, -0.2) is 42.5 Å². The van der Waals surface area contributed by atoms with E-state index in [1.54, 1.807) is 18.2 Å². The molecule has 0 spiro atoms. The van der Waals surface area contributed by atoms with Gasteiger partial charge in [0.2, 0.25) is 0 Å². The zero-order chi connectivity index (χ0) is 19.8. The van der Waals surface area contributed by atoms with Gasteiger partial charge in [0.15, 0.2) is 6.61 Å². The van der Waals surface area contributed by atoms with Gasteiger partial charge in [-0.15, -0.1) is 0 Å². The number of ether oxygens (including phenoxy) is 1. The number of carbonyl (C=O) groups is 2. The molecule has 1 aromatic rings. The summed E-state index contributed by atoms with van der Waals surface area (Å²) in [6, 6.07) is 6.66. The van der Waals surface area contributed by atoms with Gasteiger partial charge in [-0.05, 0) is 32.3 Å². The molecule has 1 amide bonds. The molecule has 1 saturated heterocycles. The average molecular weight is 377 g/mol. The van der Waals surface area contributed by atoms with E-state index in [9.17, 15) is 19.7 Å². The van der Waals surface area contributed by atoms with Crippen LogP contribution in [0.3, 0.4) is 0 Å². The molecule has 148 valence electrons. The Bertz CT molecular complexity index is 671. The molecule has 0 aliphatic carbocycles. The number of para-hydroxylation sites is 2. The van der Waals surface area contributed by atoms with Crippen LogP contribution in [0.25, 0.3) is 0 Å². The smallest absolute Gasteiger partial charge is 0.309 e. The Morgan fingerprint density at radius 3 is 2.63 bits per heavy atom. The van der Waals surface area contributed by atoms with E-state index in [0.717, 1.165) is 12.8 Å². The number of piperidine rings is 1. The molecular formula is C19H27N3O5. The summed E-state index contributed by atoms with van der Waals surface area (Å²) in [6.45, 7) is 4.76. The number of hydrogen-bond donors (Lipinski definition) is 1. The maximum atomic E-state index is 12.2. The van der Waals surface area contributed by atoms with Crippen molar-refractivity contribution in [2.75, 3.05) is 24.6 Å². The van der Waals surface area contributed by atoms with Gasteiger partial charge >= 0.3 is 5.97 Å². The van der Waals surface area contributed by atoms with Gasteiger partial charge in [-0.1, -0.05) is 25.5 Å². The van der Waals surface area contributed by atoms with Crippen LogP contribution in [0.15, 0.2) is 24.3 Å². The summed E-state index contributed by atoms with van der Waals surface area (Å²) in [4.78, 5) is 36.7. The highest BCUT2D eigenvalue weighted by molar-refractivity contribution is 5.81. The first kappa shape index (κ1) is 20.7. The molecule has 1 fully saturated rings. The lowest BCUT2D eigenvalue weighted by Crippen LogP contribution is -2.39. The third-order valence-corrected chi connectivity index (χ3v) is 4.72. The fourth-order valence-corrected chi connectivity index (χ4v) is 3.32. The summed E-state index contributed by atoms with van der Waals surface area (Å²) in [5, 5.41) is 14.0. The highest BCUT2D eigenvalue weighted by atomic mass is 16.6. The van der Waals surface area contributed by atoms with Crippen LogP contribution in [0.2, 0.25) is 0 Å². The van der Waals surface area contributed by atoms with Gasteiger partial charge < -0.3 is 15.0 Å². The first-order valence-electron chi connectivity index (χ1n) is 9.36. The topological polar surface area (TPSA) is 102 Å². The van der Waals surface area contributed by atoms with Crippen LogP contribution in [0.1, 0.15) is 39.5 Å². The summed E-state index contributed by atoms with van der Waals surface area (Å²) < 4.78 is 5.15. The van der Waals surface area contributed by atoms with E-state index < -0.39 is 4.92 Å². The number of nitro benzene ring substituents is 1. The monoisotopic (exact) mass is 377 g/mol. The molecule has 1 aliphatic rings. The fourth-order valence-electron chi connectivity index (χ4n) is 3.32. The standard InChI is InChI=1S/C19H27N3O5/c1-3-6-14(2)20-18(23)13-27-19(24)15-9-11-21(12-10-15)16-7-4-5-8-17(16)22(25)26/h4-5,7-8,14-15H,3,6,9-13H2,1-2H3,(H,20,23)/t14-/m0/s1. The Labute approximate surface area is 159 Å². The van der Waals surface area contributed by atoms with Crippen LogP contribution < -0.4 is 10.2 Å². The highest BCUT2D eigenvalue weighted by Crippen LogP contribution is 2.31. The molecule has 8 nitrogen and oxygen atoms in total. The van der Waals surface area contributed by atoms with Gasteiger partial charge in [-0.25, -0.2) is 0 Å². The number of esters is 1. The second kappa shape index (κ2) is 9.89. The average Bonchev–Trinajstić information content (AvgIpc) is 2.66. The van der Waals surface area contributed by atoms with Crippen molar-refractivity contribution in [3.63, 3.8) is 0 Å². The molecule has 0 unspecified atom stereocenters. The van der Waals surface area contributed by atoms with E-state index >= 15 is 0 Å². The first-order valence-corrected chi connectivity index (χ1v) is 9.36. The van der Waals surface area contributed by atoms with Gasteiger partial charge in [-0.3, -0.25) is 19.7 Å². The molecule has 1 atom stereocenters. The Morgan fingerprint density at radius 1 is 1.33 bits per heavy atom. The van der Waals surface area contributed by atoms with Crippen LogP contribution in [-0.2, 0) is 14.3 Å². The van der Waals surface area contributed by atoms with Crippen molar-refractivity contribution in [1.29, 1.82) is 0 Å². The number of anilines is 1. The molecular weight excluding hydrogens is 350 g/mol. The Hall–Kier alpha value is -2.64. The minimum atomic E-state index is -0.395. The lowest BCUT2D eigenvalue weighted by Gasteiger charge is -2.32. The molecule has 0 saturated carbocycles. The minimum Gasteiger partial charge on any atom is -0.455 e. The Kier molecular flexibility index (Phi) is 7.57. The second-order valence-corrected chi connectivity index (χ2v) is 6.87. The lowest BCUT2D eigenvalue weighted by molar-refractivity contribution is -0.384. The summed E-state index contributed by atoms with van der Waals surface area (Å²) in [5.41, 5.74) is 0.634. The van der Waals surface area contributed by atoms with Gasteiger partial charge in [-0.2, -0.15) is 0 Å². The summed E-state index contributed by atoms with van der Waals surface area (Å²) >= 11 is 0. The van der Waals surface area contributed by atoms with E-state index in [2.05, 4.69) is 5.32 Å². The molecule has 0 aromatic heterocycles. The molecule has 1 aliphatic heterocycles. The van der Waals surface area contributed by atoms with Crippen LogP contribution >= 0.6 is 0 Å². The number of nitrogens with zero attached hydrogens (tertiary/aromatic N) is 2. The van der Waals surface area contributed by atoms with Gasteiger partial charge in [0.05, 0.1) is 10.8 Å². The predicted octanol–water partition coefficient (Wildman–Crippen LogP) is 2.66. The van der Waals surface area contributed by atoms with Gasteiger partial charge in [0.1, 0.15) is 5.69 Å². The van der Waals surface area contributed by atoms with E-state index in [0.29, 0.717) is 31.6 Å². The van der Waals surface area contributed by atoms with Crippen molar-refractivity contribution in [3.05, 3.63) is 34.4 Å². The molecule has 8 heteroatoms. The zero-order valence-electron chi connectivity index (χ0n) is 15.8. The number of benzene rings is 1. The van der Waals surface area contributed by atoms with E-state index in [1.165, 1.54) is 6.07 Å². The fraction of sp³-hybridized carbons (Fsp3) is 0.579. The summed E-state index contributed by atoms with van der Waals surface area (Å²) in [6.07, 6.45) is 2.93. The van der Waals surface area contributed by atoms with Crippen LogP contribution in [0.4, 0.5) is 11.4 Å². The summed E-state index contributed by atoms with van der Waals surface area (Å²) in [7, 11) is 0. The van der Waals surface area contributed by atoms with E-state index in [1.807, 2.05) is 18.7 Å². The Balaban J connectivity index is 1.81. The molecule has 1 aromatic carbocycles. The normalized spacial score (nSPS) is 15.9. The number of nitrogens with one attached hydrogen (secondary N) is 1. The van der Waals surface area contributed by atoms with Crippen molar-refractivity contribution in [1.82, 2.24) is 5.32 Å². The first-order chi connectivity index (χ1) is 12.9. The molecule has 27 heavy (non-hydrogen) atoms. The largest absolute Gasteiger partial charge is 0.455 e.